The number of imidazole rings is 1. The lowest BCUT2D eigenvalue weighted by Crippen LogP contribution is -2.13. The van der Waals surface area contributed by atoms with Gasteiger partial charge in [0.15, 0.2) is 0 Å². The molecular weight excluding hydrogens is 244 g/mol. The lowest BCUT2D eigenvalue weighted by molar-refractivity contribution is 0.140. The van der Waals surface area contributed by atoms with Crippen molar-refractivity contribution in [2.24, 2.45) is 0 Å². The normalized spacial score (nSPS) is 11.9. The molecule has 1 aromatic heterocycles. The summed E-state index contributed by atoms with van der Waals surface area (Å²) in [5.41, 5.74) is 0.502. The van der Waals surface area contributed by atoms with Gasteiger partial charge in [0.05, 0.1) is 18.5 Å². The third-order valence-electron chi connectivity index (χ3n) is 2.27. The van der Waals surface area contributed by atoms with Crippen LogP contribution < -0.4 is 0 Å². The number of sulfone groups is 1. The molecule has 1 rings (SSSR count). The van der Waals surface area contributed by atoms with E-state index in [1.165, 1.54) is 10.8 Å². The van der Waals surface area contributed by atoms with E-state index in [0.717, 1.165) is 6.26 Å². The van der Waals surface area contributed by atoms with E-state index in [0.29, 0.717) is 31.9 Å². The minimum atomic E-state index is -3.37. The lowest BCUT2D eigenvalue weighted by atomic mass is 10.4. The minimum Gasteiger partial charge on any atom is -0.390 e. The van der Waals surface area contributed by atoms with Crippen LogP contribution in [0, 0.1) is 0 Å². The Morgan fingerprint density at radius 1 is 1.53 bits per heavy atom. The number of aromatic nitrogens is 2. The molecule has 7 heteroatoms. The van der Waals surface area contributed by atoms with Crippen LogP contribution in [0.2, 0.25) is 0 Å². The number of aliphatic hydroxyl groups is 1. The highest BCUT2D eigenvalue weighted by atomic mass is 32.2. The third kappa shape index (κ3) is 3.79. The Bertz CT molecular complexity index is 453. The van der Waals surface area contributed by atoms with Gasteiger partial charge in [-0.2, -0.15) is 0 Å². The van der Waals surface area contributed by atoms with Gasteiger partial charge in [-0.25, -0.2) is 13.4 Å². The molecule has 0 fully saturated rings. The molecule has 1 aromatic rings. The van der Waals surface area contributed by atoms with Gasteiger partial charge in [-0.15, -0.1) is 0 Å². The first-order valence-corrected chi connectivity index (χ1v) is 7.33. The van der Waals surface area contributed by atoms with E-state index in [2.05, 4.69) is 4.98 Å². The van der Waals surface area contributed by atoms with E-state index in [1.54, 1.807) is 0 Å². The lowest BCUT2D eigenvalue weighted by Gasteiger charge is -2.09. The molecule has 0 aliphatic rings. The second-order valence-electron chi connectivity index (χ2n) is 3.66. The van der Waals surface area contributed by atoms with E-state index in [4.69, 9.17) is 9.84 Å². The van der Waals surface area contributed by atoms with Gasteiger partial charge >= 0.3 is 0 Å². The van der Waals surface area contributed by atoms with Gasteiger partial charge in [0, 0.05) is 26.0 Å². The van der Waals surface area contributed by atoms with Crippen molar-refractivity contribution in [1.29, 1.82) is 0 Å². The Hall–Kier alpha value is -0.920. The van der Waals surface area contributed by atoms with Crippen LogP contribution in [-0.2, 0) is 27.7 Å². The van der Waals surface area contributed by atoms with Gasteiger partial charge in [0.1, 0.15) is 0 Å². The SMILES string of the molecule is CCOCCCn1c(CO)cnc1S(C)(=O)=O. The maximum atomic E-state index is 11.5. The minimum absolute atomic E-state index is 0.00181. The highest BCUT2D eigenvalue weighted by molar-refractivity contribution is 7.90. The van der Waals surface area contributed by atoms with Gasteiger partial charge in [-0.1, -0.05) is 0 Å². The molecule has 0 aliphatic heterocycles. The van der Waals surface area contributed by atoms with E-state index in [1.807, 2.05) is 6.92 Å². The second kappa shape index (κ2) is 6.13. The summed E-state index contributed by atoms with van der Waals surface area (Å²) in [6, 6.07) is 0. The molecule has 17 heavy (non-hydrogen) atoms. The van der Waals surface area contributed by atoms with E-state index in [-0.39, 0.29) is 11.8 Å². The Labute approximate surface area is 101 Å². The van der Waals surface area contributed by atoms with Crippen LogP contribution in [-0.4, -0.2) is 42.5 Å². The fraction of sp³-hybridized carbons (Fsp3) is 0.700. The van der Waals surface area contributed by atoms with Crippen LogP contribution in [0.3, 0.4) is 0 Å². The standard InChI is InChI=1S/C10H18N2O4S/c1-3-16-6-4-5-12-9(8-13)7-11-10(12)17(2,14)15/h7,13H,3-6,8H2,1-2H3. The van der Waals surface area contributed by atoms with Crippen molar-refractivity contribution < 1.29 is 18.3 Å². The fourth-order valence-corrected chi connectivity index (χ4v) is 2.38. The molecule has 0 aromatic carbocycles. The van der Waals surface area contributed by atoms with Crippen molar-refractivity contribution in [2.75, 3.05) is 19.5 Å². The predicted molar refractivity (Wildman–Crippen MR) is 62.4 cm³/mol. The third-order valence-corrected chi connectivity index (χ3v) is 3.26. The van der Waals surface area contributed by atoms with E-state index >= 15 is 0 Å². The zero-order chi connectivity index (χ0) is 12.9. The van der Waals surface area contributed by atoms with E-state index < -0.39 is 9.84 Å². The summed E-state index contributed by atoms with van der Waals surface area (Å²) in [4.78, 5) is 3.83. The number of hydrogen-bond donors (Lipinski definition) is 1. The average molecular weight is 262 g/mol. The van der Waals surface area contributed by atoms with Crippen molar-refractivity contribution in [3.8, 4) is 0 Å². The van der Waals surface area contributed by atoms with Crippen molar-refractivity contribution in [1.82, 2.24) is 9.55 Å². The quantitative estimate of drug-likeness (QED) is 0.710. The molecule has 0 amide bonds. The zero-order valence-corrected chi connectivity index (χ0v) is 10.9. The molecule has 0 aliphatic carbocycles. The number of nitrogens with zero attached hydrogens (tertiary/aromatic N) is 2. The molecule has 0 atom stereocenters. The number of hydrogen-bond acceptors (Lipinski definition) is 5. The van der Waals surface area contributed by atoms with Crippen LogP contribution >= 0.6 is 0 Å². The monoisotopic (exact) mass is 262 g/mol. The zero-order valence-electron chi connectivity index (χ0n) is 10.1. The Kier molecular flexibility index (Phi) is 5.10. The van der Waals surface area contributed by atoms with Crippen LogP contribution in [0.4, 0.5) is 0 Å². The summed E-state index contributed by atoms with van der Waals surface area (Å²) < 4.78 is 29.7. The van der Waals surface area contributed by atoms with Gasteiger partial charge in [-0.05, 0) is 13.3 Å². The first-order chi connectivity index (χ1) is 8.00. The molecule has 0 spiro atoms. The second-order valence-corrected chi connectivity index (χ2v) is 5.57. The molecule has 0 saturated heterocycles. The predicted octanol–water partition coefficient (Wildman–Crippen LogP) is 0.206. The molecule has 1 heterocycles. The molecule has 98 valence electrons. The molecule has 1 N–H and O–H groups in total. The van der Waals surface area contributed by atoms with Crippen molar-refractivity contribution in [3.05, 3.63) is 11.9 Å². The summed E-state index contributed by atoms with van der Waals surface area (Å²) in [5.74, 6) is 0. The first kappa shape index (κ1) is 14.1. The highest BCUT2D eigenvalue weighted by Gasteiger charge is 2.17. The van der Waals surface area contributed by atoms with Gasteiger partial charge in [0.25, 0.3) is 0 Å². The summed E-state index contributed by atoms with van der Waals surface area (Å²) >= 11 is 0. The van der Waals surface area contributed by atoms with Gasteiger partial charge in [-0.3, -0.25) is 0 Å². The molecule has 0 bridgehead atoms. The average Bonchev–Trinajstić information content (AvgIpc) is 2.67. The van der Waals surface area contributed by atoms with Crippen molar-refractivity contribution in [2.45, 2.75) is 31.7 Å². The van der Waals surface area contributed by atoms with Crippen molar-refractivity contribution >= 4 is 9.84 Å². The Morgan fingerprint density at radius 2 is 2.24 bits per heavy atom. The van der Waals surface area contributed by atoms with Crippen LogP contribution in [0.1, 0.15) is 19.0 Å². The maximum Gasteiger partial charge on any atom is 0.227 e. The first-order valence-electron chi connectivity index (χ1n) is 5.43. The van der Waals surface area contributed by atoms with Crippen LogP contribution in [0.25, 0.3) is 0 Å². The highest BCUT2D eigenvalue weighted by Crippen LogP contribution is 2.12. The Balaban J connectivity index is 2.83. The maximum absolute atomic E-state index is 11.5. The number of ether oxygens (including phenoxy) is 1. The van der Waals surface area contributed by atoms with E-state index in [9.17, 15) is 8.42 Å². The molecule has 0 radical (unpaired) electrons. The molecule has 0 unspecified atom stereocenters. The Morgan fingerprint density at radius 3 is 2.76 bits per heavy atom. The number of rotatable bonds is 7. The summed E-state index contributed by atoms with van der Waals surface area (Å²) in [5, 5.41) is 9.11. The van der Waals surface area contributed by atoms with Crippen LogP contribution in [0.15, 0.2) is 11.4 Å². The summed E-state index contributed by atoms with van der Waals surface area (Å²) in [6.45, 7) is 3.34. The largest absolute Gasteiger partial charge is 0.390 e. The fourth-order valence-electron chi connectivity index (χ4n) is 1.52. The van der Waals surface area contributed by atoms with Gasteiger partial charge in [0.2, 0.25) is 15.0 Å². The topological polar surface area (TPSA) is 81.4 Å². The summed E-state index contributed by atoms with van der Waals surface area (Å²) in [7, 11) is -3.37. The molecule has 6 nitrogen and oxygen atoms in total. The van der Waals surface area contributed by atoms with Crippen LogP contribution in [0.5, 0.6) is 0 Å². The summed E-state index contributed by atoms with van der Waals surface area (Å²) in [6.07, 6.45) is 3.17. The van der Waals surface area contributed by atoms with Crippen molar-refractivity contribution in [3.63, 3.8) is 0 Å². The molecule has 0 saturated carbocycles. The number of aliphatic hydroxyl groups excluding tert-OH is 1. The smallest absolute Gasteiger partial charge is 0.227 e. The molecular formula is C10H18N2O4S. The van der Waals surface area contributed by atoms with Gasteiger partial charge < -0.3 is 14.4 Å².